The third kappa shape index (κ3) is 3.37. The van der Waals surface area contributed by atoms with Crippen molar-refractivity contribution in [2.75, 3.05) is 19.6 Å². The summed E-state index contributed by atoms with van der Waals surface area (Å²) in [5.74, 6) is 0. The molecule has 1 aromatic carbocycles. The van der Waals surface area contributed by atoms with E-state index in [1.54, 1.807) is 0 Å². The van der Waals surface area contributed by atoms with Gasteiger partial charge in [0.1, 0.15) is 0 Å². The topological polar surface area (TPSA) is 38.0 Å². The molecule has 3 N–H and O–H groups in total. The highest BCUT2D eigenvalue weighted by Crippen LogP contribution is 2.39. The average molecular weight is 260 g/mol. The largest absolute Gasteiger partial charge is 0.330 e. The van der Waals surface area contributed by atoms with Gasteiger partial charge in [-0.05, 0) is 37.3 Å². The summed E-state index contributed by atoms with van der Waals surface area (Å²) in [5.41, 5.74) is 9.22. The number of hydrogen-bond donors (Lipinski definition) is 2. The number of nitrogens with two attached hydrogens (primary N) is 1. The lowest BCUT2D eigenvalue weighted by molar-refractivity contribution is 0.138. The van der Waals surface area contributed by atoms with Crippen molar-refractivity contribution in [3.63, 3.8) is 0 Å². The number of nitrogens with one attached hydrogen (secondary N) is 1. The molecular weight excluding hydrogens is 232 g/mol. The highest BCUT2D eigenvalue weighted by molar-refractivity contribution is 5.28. The van der Waals surface area contributed by atoms with Crippen LogP contribution in [-0.4, -0.2) is 19.6 Å². The lowest BCUT2D eigenvalue weighted by Crippen LogP contribution is -2.47. The average Bonchev–Trinajstić information content (AvgIpc) is 2.32. The van der Waals surface area contributed by atoms with Crippen LogP contribution in [0.2, 0.25) is 0 Å². The number of aryl methyl sites for hydroxylation is 1. The molecule has 2 nitrogen and oxygen atoms in total. The van der Waals surface area contributed by atoms with Gasteiger partial charge < -0.3 is 11.1 Å². The monoisotopic (exact) mass is 260 g/mol. The molecule has 1 fully saturated rings. The Morgan fingerprint density at radius 3 is 2.58 bits per heavy atom. The molecule has 106 valence electrons. The van der Waals surface area contributed by atoms with Crippen molar-refractivity contribution in [2.24, 2.45) is 11.1 Å². The number of rotatable bonds is 6. The van der Waals surface area contributed by atoms with Crippen molar-refractivity contribution in [1.82, 2.24) is 5.32 Å². The summed E-state index contributed by atoms with van der Waals surface area (Å²) in [4.78, 5) is 0. The van der Waals surface area contributed by atoms with Gasteiger partial charge >= 0.3 is 0 Å². The number of benzene rings is 1. The summed E-state index contributed by atoms with van der Waals surface area (Å²) in [6.45, 7) is 9.68. The Morgan fingerprint density at radius 2 is 2.05 bits per heavy atom. The fourth-order valence-corrected chi connectivity index (χ4v) is 2.94. The molecule has 0 atom stereocenters. The maximum absolute atomic E-state index is 5.91. The van der Waals surface area contributed by atoms with E-state index in [1.165, 1.54) is 30.4 Å². The quantitative estimate of drug-likeness (QED) is 0.825. The first-order valence-corrected chi connectivity index (χ1v) is 7.45. The van der Waals surface area contributed by atoms with Crippen molar-refractivity contribution in [2.45, 2.75) is 45.4 Å². The zero-order chi connectivity index (χ0) is 13.9. The van der Waals surface area contributed by atoms with Crippen LogP contribution in [0.1, 0.15) is 44.2 Å². The van der Waals surface area contributed by atoms with Crippen molar-refractivity contribution < 1.29 is 0 Å². The summed E-state index contributed by atoms with van der Waals surface area (Å²) < 4.78 is 0. The predicted octanol–water partition coefficient (Wildman–Crippen LogP) is 2.99. The van der Waals surface area contributed by atoms with Gasteiger partial charge in [0.25, 0.3) is 0 Å². The highest BCUT2D eigenvalue weighted by atomic mass is 14.9. The Hall–Kier alpha value is -0.860. The van der Waals surface area contributed by atoms with E-state index < -0.39 is 0 Å². The van der Waals surface area contributed by atoms with Crippen LogP contribution in [0.4, 0.5) is 0 Å². The van der Waals surface area contributed by atoms with Gasteiger partial charge in [-0.3, -0.25) is 0 Å². The predicted molar refractivity (Wildman–Crippen MR) is 82.4 cm³/mol. The maximum atomic E-state index is 5.91. The van der Waals surface area contributed by atoms with E-state index in [2.05, 4.69) is 50.4 Å². The fraction of sp³-hybridized carbons (Fsp3) is 0.647. The van der Waals surface area contributed by atoms with Crippen LogP contribution in [0.3, 0.4) is 0 Å². The Labute approximate surface area is 117 Å². The standard InChI is InChI=1S/C17H28N2/c1-14-6-4-7-15(10-14)16(2,3)12-19-13-17(11-18)8-5-9-17/h4,6-7,10,19H,5,8-9,11-13,18H2,1-3H3. The smallest absolute Gasteiger partial charge is 0.00434 e. The minimum Gasteiger partial charge on any atom is -0.330 e. The van der Waals surface area contributed by atoms with Crippen molar-refractivity contribution in [1.29, 1.82) is 0 Å². The lowest BCUT2D eigenvalue weighted by Gasteiger charge is -2.42. The molecule has 0 aromatic heterocycles. The Morgan fingerprint density at radius 1 is 1.32 bits per heavy atom. The van der Waals surface area contributed by atoms with Crippen LogP contribution in [0, 0.1) is 12.3 Å². The minimum atomic E-state index is 0.172. The first kappa shape index (κ1) is 14.5. The van der Waals surface area contributed by atoms with Crippen molar-refractivity contribution in [3.05, 3.63) is 35.4 Å². The van der Waals surface area contributed by atoms with Crippen LogP contribution < -0.4 is 11.1 Å². The van der Waals surface area contributed by atoms with Crippen LogP contribution in [-0.2, 0) is 5.41 Å². The molecule has 0 spiro atoms. The molecule has 0 heterocycles. The van der Waals surface area contributed by atoms with Gasteiger partial charge in [-0.15, -0.1) is 0 Å². The van der Waals surface area contributed by atoms with Crippen molar-refractivity contribution in [3.8, 4) is 0 Å². The van der Waals surface area contributed by atoms with E-state index >= 15 is 0 Å². The van der Waals surface area contributed by atoms with Gasteiger partial charge in [-0.2, -0.15) is 0 Å². The van der Waals surface area contributed by atoms with E-state index in [0.717, 1.165) is 19.6 Å². The maximum Gasteiger partial charge on any atom is 0.00434 e. The van der Waals surface area contributed by atoms with Crippen LogP contribution in [0.25, 0.3) is 0 Å². The summed E-state index contributed by atoms with van der Waals surface area (Å²) in [6, 6.07) is 8.84. The van der Waals surface area contributed by atoms with E-state index in [4.69, 9.17) is 5.73 Å². The summed E-state index contributed by atoms with van der Waals surface area (Å²) >= 11 is 0. The van der Waals surface area contributed by atoms with Gasteiger partial charge in [-0.25, -0.2) is 0 Å². The molecule has 0 bridgehead atoms. The Bertz CT molecular complexity index is 414. The van der Waals surface area contributed by atoms with E-state index in [-0.39, 0.29) is 5.41 Å². The molecule has 0 amide bonds. The lowest BCUT2D eigenvalue weighted by atomic mass is 9.68. The first-order chi connectivity index (χ1) is 8.97. The fourth-order valence-electron chi connectivity index (χ4n) is 2.94. The van der Waals surface area contributed by atoms with Crippen LogP contribution >= 0.6 is 0 Å². The molecule has 1 aliphatic carbocycles. The second-order valence-corrected chi connectivity index (χ2v) is 6.91. The second-order valence-electron chi connectivity index (χ2n) is 6.91. The van der Waals surface area contributed by atoms with E-state index in [0.29, 0.717) is 5.41 Å². The van der Waals surface area contributed by atoms with Gasteiger partial charge in [0, 0.05) is 18.5 Å². The first-order valence-electron chi connectivity index (χ1n) is 7.45. The molecule has 2 heteroatoms. The van der Waals surface area contributed by atoms with Crippen LogP contribution in [0.15, 0.2) is 24.3 Å². The van der Waals surface area contributed by atoms with E-state index in [9.17, 15) is 0 Å². The third-order valence-corrected chi connectivity index (χ3v) is 4.71. The molecule has 1 aliphatic rings. The summed E-state index contributed by atoms with van der Waals surface area (Å²) in [7, 11) is 0. The minimum absolute atomic E-state index is 0.172. The zero-order valence-electron chi connectivity index (χ0n) is 12.6. The van der Waals surface area contributed by atoms with E-state index in [1.807, 2.05) is 0 Å². The number of hydrogen-bond acceptors (Lipinski definition) is 2. The van der Waals surface area contributed by atoms with Gasteiger partial charge in [0.05, 0.1) is 0 Å². The molecule has 0 saturated heterocycles. The molecular formula is C17H28N2. The Balaban J connectivity index is 1.90. The van der Waals surface area contributed by atoms with Gasteiger partial charge in [0.15, 0.2) is 0 Å². The van der Waals surface area contributed by atoms with Crippen LogP contribution in [0.5, 0.6) is 0 Å². The second kappa shape index (κ2) is 5.64. The van der Waals surface area contributed by atoms with Crippen molar-refractivity contribution >= 4 is 0 Å². The highest BCUT2D eigenvalue weighted by Gasteiger charge is 2.35. The SMILES string of the molecule is Cc1cccc(C(C)(C)CNCC2(CN)CCC2)c1. The molecule has 1 saturated carbocycles. The summed E-state index contributed by atoms with van der Waals surface area (Å²) in [5, 5.41) is 3.66. The summed E-state index contributed by atoms with van der Waals surface area (Å²) in [6.07, 6.45) is 3.93. The van der Waals surface area contributed by atoms with Gasteiger partial charge in [0.2, 0.25) is 0 Å². The Kier molecular flexibility index (Phi) is 4.32. The third-order valence-electron chi connectivity index (χ3n) is 4.71. The normalized spacial score (nSPS) is 18.1. The van der Waals surface area contributed by atoms with Gasteiger partial charge in [-0.1, -0.05) is 50.1 Å². The zero-order valence-corrected chi connectivity index (χ0v) is 12.6. The molecule has 1 aromatic rings. The molecule has 19 heavy (non-hydrogen) atoms. The molecule has 0 aliphatic heterocycles. The molecule has 0 radical (unpaired) electrons. The molecule has 0 unspecified atom stereocenters. The molecule has 2 rings (SSSR count).